The number of hydrogen-bond acceptors (Lipinski definition) is 3. The summed E-state index contributed by atoms with van der Waals surface area (Å²) in [6.45, 7) is 1.89. The molecule has 0 radical (unpaired) electrons. The molecule has 3 rings (SSSR count). The fourth-order valence-electron chi connectivity index (χ4n) is 2.97. The normalized spacial score (nSPS) is 18.9. The number of benzene rings is 2. The van der Waals surface area contributed by atoms with Crippen LogP contribution in [0, 0.1) is 0 Å². The number of fused-ring (bicyclic) bond motifs is 1. The number of esters is 1. The van der Waals surface area contributed by atoms with Crippen molar-refractivity contribution in [3.63, 3.8) is 0 Å². The van der Waals surface area contributed by atoms with Crippen LogP contribution in [0.25, 0.3) is 0 Å². The maximum atomic E-state index is 12.8. The molecular weight excluding hydrogens is 349 g/mol. The van der Waals surface area contributed by atoms with Gasteiger partial charge in [-0.15, -0.1) is 0 Å². The summed E-state index contributed by atoms with van der Waals surface area (Å²) < 4.78 is 5.22. The molecule has 0 aliphatic carbocycles. The van der Waals surface area contributed by atoms with E-state index in [2.05, 4.69) is 5.32 Å². The SMILES string of the molecule is CCOC(=O)C1(Cc2ccc(Cl)cc2Cl)C(=O)Nc2ccccc21. The van der Waals surface area contributed by atoms with E-state index >= 15 is 0 Å². The second-order valence-electron chi connectivity index (χ2n) is 5.54. The number of halogens is 2. The summed E-state index contributed by atoms with van der Waals surface area (Å²) in [7, 11) is 0. The first-order valence-electron chi connectivity index (χ1n) is 7.51. The quantitative estimate of drug-likeness (QED) is 0.659. The summed E-state index contributed by atoms with van der Waals surface area (Å²) in [4.78, 5) is 25.5. The van der Waals surface area contributed by atoms with Crippen LogP contribution >= 0.6 is 23.2 Å². The molecule has 0 saturated carbocycles. The number of rotatable bonds is 4. The van der Waals surface area contributed by atoms with E-state index < -0.39 is 17.3 Å². The van der Waals surface area contributed by atoms with Crippen LogP contribution in [-0.2, 0) is 26.2 Å². The van der Waals surface area contributed by atoms with Gasteiger partial charge in [-0.1, -0.05) is 47.5 Å². The number of para-hydroxylation sites is 1. The smallest absolute Gasteiger partial charge is 0.326 e. The Bertz CT molecular complexity index is 822. The van der Waals surface area contributed by atoms with Gasteiger partial charge in [-0.3, -0.25) is 9.59 Å². The Morgan fingerprint density at radius 1 is 1.21 bits per heavy atom. The molecule has 24 heavy (non-hydrogen) atoms. The lowest BCUT2D eigenvalue weighted by Gasteiger charge is -2.25. The van der Waals surface area contributed by atoms with Crippen molar-refractivity contribution < 1.29 is 14.3 Å². The Hall–Kier alpha value is -2.04. The zero-order valence-electron chi connectivity index (χ0n) is 12.9. The predicted molar refractivity (Wildman–Crippen MR) is 93.5 cm³/mol. The number of carbonyl (C=O) groups excluding carboxylic acids is 2. The topological polar surface area (TPSA) is 55.4 Å². The van der Waals surface area contributed by atoms with Gasteiger partial charge in [-0.2, -0.15) is 0 Å². The van der Waals surface area contributed by atoms with Crippen LogP contribution in [0.3, 0.4) is 0 Å². The zero-order chi connectivity index (χ0) is 17.3. The van der Waals surface area contributed by atoms with Crippen LogP contribution < -0.4 is 5.32 Å². The second kappa shape index (κ2) is 6.46. The minimum atomic E-state index is -1.45. The summed E-state index contributed by atoms with van der Waals surface area (Å²) in [6.07, 6.45) is 0.102. The van der Waals surface area contributed by atoms with Crippen LogP contribution in [0.5, 0.6) is 0 Å². The summed E-state index contributed by atoms with van der Waals surface area (Å²) in [5.74, 6) is -0.994. The zero-order valence-corrected chi connectivity index (χ0v) is 14.4. The molecule has 124 valence electrons. The lowest BCUT2D eigenvalue weighted by Crippen LogP contribution is -2.45. The molecule has 4 nitrogen and oxygen atoms in total. The molecule has 1 unspecified atom stereocenters. The van der Waals surface area contributed by atoms with Crippen molar-refractivity contribution in [2.45, 2.75) is 18.8 Å². The third-order valence-electron chi connectivity index (χ3n) is 4.12. The molecule has 1 amide bonds. The summed E-state index contributed by atoms with van der Waals surface area (Å²) in [6, 6.07) is 12.1. The molecule has 0 fully saturated rings. The molecule has 1 heterocycles. The molecule has 1 aliphatic rings. The minimum Gasteiger partial charge on any atom is -0.465 e. The number of ether oxygens (including phenoxy) is 1. The van der Waals surface area contributed by atoms with Crippen molar-refractivity contribution in [3.8, 4) is 0 Å². The summed E-state index contributed by atoms with van der Waals surface area (Å²) in [5, 5.41) is 3.67. The average Bonchev–Trinajstić information content (AvgIpc) is 2.83. The molecule has 6 heteroatoms. The molecular formula is C18H15Cl2NO3. The first kappa shape index (κ1) is 16.8. The van der Waals surface area contributed by atoms with E-state index in [0.29, 0.717) is 26.9 Å². The molecule has 1 N–H and O–H groups in total. The first-order valence-corrected chi connectivity index (χ1v) is 8.26. The van der Waals surface area contributed by atoms with Gasteiger partial charge >= 0.3 is 5.97 Å². The highest BCUT2D eigenvalue weighted by atomic mass is 35.5. The number of amides is 1. The summed E-state index contributed by atoms with van der Waals surface area (Å²) in [5.41, 5.74) is 0.408. The molecule has 0 bridgehead atoms. The maximum Gasteiger partial charge on any atom is 0.326 e. The Kier molecular flexibility index (Phi) is 4.52. The second-order valence-corrected chi connectivity index (χ2v) is 6.38. The van der Waals surface area contributed by atoms with Gasteiger partial charge in [-0.25, -0.2) is 0 Å². The van der Waals surface area contributed by atoms with Crippen molar-refractivity contribution in [2.75, 3.05) is 11.9 Å². The Balaban J connectivity index is 2.14. The number of anilines is 1. The van der Waals surface area contributed by atoms with Crippen LogP contribution in [0.15, 0.2) is 42.5 Å². The monoisotopic (exact) mass is 363 g/mol. The van der Waals surface area contributed by atoms with Crippen molar-refractivity contribution in [1.29, 1.82) is 0 Å². The van der Waals surface area contributed by atoms with Gasteiger partial charge < -0.3 is 10.1 Å². The van der Waals surface area contributed by atoms with Gasteiger partial charge in [0.25, 0.3) is 0 Å². The molecule has 1 aliphatic heterocycles. The standard InChI is InChI=1S/C18H15Cl2NO3/c1-2-24-17(23)18(10-11-7-8-12(19)9-14(11)20)13-5-3-4-6-15(13)21-16(18)22/h3-9H,2,10H2,1H3,(H,21,22). The third kappa shape index (κ3) is 2.66. The fraction of sp³-hybridized carbons (Fsp3) is 0.222. The largest absolute Gasteiger partial charge is 0.465 e. The minimum absolute atomic E-state index is 0.102. The van der Waals surface area contributed by atoms with E-state index in [0.717, 1.165) is 0 Å². The summed E-state index contributed by atoms with van der Waals surface area (Å²) >= 11 is 12.2. The maximum absolute atomic E-state index is 12.8. The number of nitrogens with one attached hydrogen (secondary N) is 1. The number of hydrogen-bond donors (Lipinski definition) is 1. The Morgan fingerprint density at radius 2 is 1.96 bits per heavy atom. The van der Waals surface area contributed by atoms with Gasteiger partial charge in [0.15, 0.2) is 5.41 Å². The van der Waals surface area contributed by atoms with E-state index in [1.165, 1.54) is 0 Å². The fourth-order valence-corrected chi connectivity index (χ4v) is 3.45. The highest BCUT2D eigenvalue weighted by Gasteiger charge is 2.54. The van der Waals surface area contributed by atoms with Crippen molar-refractivity contribution in [3.05, 3.63) is 63.6 Å². The van der Waals surface area contributed by atoms with Crippen molar-refractivity contribution in [2.24, 2.45) is 0 Å². The van der Waals surface area contributed by atoms with Gasteiger partial charge in [0.1, 0.15) is 0 Å². The Labute approximate surface area is 149 Å². The molecule has 0 spiro atoms. The predicted octanol–water partition coefficient (Wildman–Crippen LogP) is 3.99. The van der Waals surface area contributed by atoms with Gasteiger partial charge in [0, 0.05) is 27.7 Å². The highest BCUT2D eigenvalue weighted by molar-refractivity contribution is 6.35. The van der Waals surface area contributed by atoms with Crippen LogP contribution in [0.1, 0.15) is 18.1 Å². The molecule has 2 aromatic carbocycles. The first-order chi connectivity index (χ1) is 11.5. The van der Waals surface area contributed by atoms with E-state index in [1.807, 2.05) is 0 Å². The molecule has 1 atom stereocenters. The van der Waals surface area contributed by atoms with Gasteiger partial charge in [-0.05, 0) is 30.7 Å². The van der Waals surface area contributed by atoms with E-state index in [4.69, 9.17) is 27.9 Å². The van der Waals surface area contributed by atoms with E-state index in [9.17, 15) is 9.59 Å². The molecule has 0 aromatic heterocycles. The van der Waals surface area contributed by atoms with Crippen LogP contribution in [0.4, 0.5) is 5.69 Å². The number of carbonyl (C=O) groups is 2. The van der Waals surface area contributed by atoms with Crippen molar-refractivity contribution in [1.82, 2.24) is 0 Å². The lowest BCUT2D eigenvalue weighted by atomic mass is 9.76. The van der Waals surface area contributed by atoms with Gasteiger partial charge in [0.2, 0.25) is 5.91 Å². The Morgan fingerprint density at radius 3 is 2.67 bits per heavy atom. The molecule has 0 saturated heterocycles. The van der Waals surface area contributed by atoms with E-state index in [1.54, 1.807) is 49.4 Å². The lowest BCUT2D eigenvalue weighted by molar-refractivity contribution is -0.153. The van der Waals surface area contributed by atoms with Crippen molar-refractivity contribution >= 4 is 40.8 Å². The van der Waals surface area contributed by atoms with Gasteiger partial charge in [0.05, 0.1) is 6.61 Å². The highest BCUT2D eigenvalue weighted by Crippen LogP contribution is 2.42. The average molecular weight is 364 g/mol. The van der Waals surface area contributed by atoms with E-state index in [-0.39, 0.29) is 13.0 Å². The van der Waals surface area contributed by atoms with Crippen LogP contribution in [0.2, 0.25) is 10.0 Å². The van der Waals surface area contributed by atoms with Crippen LogP contribution in [-0.4, -0.2) is 18.5 Å². The third-order valence-corrected chi connectivity index (χ3v) is 4.70. The molecule has 2 aromatic rings.